The van der Waals surface area contributed by atoms with Crippen LogP contribution in [0.1, 0.15) is 49.4 Å². The van der Waals surface area contributed by atoms with Gasteiger partial charge in [0.25, 0.3) is 0 Å². The molecule has 174 valence electrons. The fourth-order valence-corrected chi connectivity index (χ4v) is 5.66. The molecule has 3 aliphatic carbocycles. The van der Waals surface area contributed by atoms with Crippen molar-refractivity contribution in [2.24, 2.45) is 11.7 Å². The van der Waals surface area contributed by atoms with Crippen LogP contribution in [-0.4, -0.2) is 61.0 Å². The van der Waals surface area contributed by atoms with Crippen molar-refractivity contribution in [2.75, 3.05) is 17.2 Å². The van der Waals surface area contributed by atoms with Gasteiger partial charge in [-0.3, -0.25) is 4.98 Å². The van der Waals surface area contributed by atoms with Gasteiger partial charge >= 0.3 is 0 Å². The summed E-state index contributed by atoms with van der Waals surface area (Å²) in [6.07, 6.45) is 5.19. The second kappa shape index (κ2) is 8.12. The van der Waals surface area contributed by atoms with Crippen LogP contribution in [0.25, 0.3) is 20.8 Å². The molecule has 6 rings (SSSR count). The van der Waals surface area contributed by atoms with Gasteiger partial charge in [-0.15, -0.1) is 11.3 Å². The number of pyridine rings is 1. The van der Waals surface area contributed by atoms with Gasteiger partial charge in [-0.25, -0.2) is 9.97 Å². The highest BCUT2D eigenvalue weighted by Crippen LogP contribution is 2.44. The number of thiazole rings is 1. The van der Waals surface area contributed by atoms with E-state index in [1.165, 1.54) is 12.8 Å². The number of nitrogens with one attached hydrogen (secondary N) is 2. The molecule has 0 amide bonds. The third kappa shape index (κ3) is 4.05. The molecule has 3 fully saturated rings. The lowest BCUT2D eigenvalue weighted by atomic mass is 10.1. The summed E-state index contributed by atoms with van der Waals surface area (Å²) in [5.74, 6) is 2.35. The van der Waals surface area contributed by atoms with Crippen LogP contribution in [0.15, 0.2) is 12.3 Å². The number of hydrogen-bond acceptors (Lipinski definition) is 10. The molecule has 3 aromatic rings. The molecule has 9 nitrogen and oxygen atoms in total. The molecule has 3 aliphatic rings. The summed E-state index contributed by atoms with van der Waals surface area (Å²) in [5, 5.41) is 28.2. The summed E-state index contributed by atoms with van der Waals surface area (Å²) in [6, 6.07) is 1.12. The number of nitrogens with two attached hydrogens (primary N) is 1. The van der Waals surface area contributed by atoms with Gasteiger partial charge in [-0.2, -0.15) is 4.98 Å². The van der Waals surface area contributed by atoms with E-state index in [2.05, 4.69) is 15.6 Å². The molecule has 6 N–H and O–H groups in total. The van der Waals surface area contributed by atoms with Crippen LogP contribution >= 0.6 is 11.3 Å². The summed E-state index contributed by atoms with van der Waals surface area (Å²) < 4.78 is 1.10. The first-order valence-electron chi connectivity index (χ1n) is 11.7. The average molecular weight is 468 g/mol. The van der Waals surface area contributed by atoms with E-state index >= 15 is 0 Å². The lowest BCUT2D eigenvalue weighted by molar-refractivity contribution is 0.0322. The normalized spacial score (nSPS) is 27.3. The molecule has 10 heteroatoms. The highest BCUT2D eigenvalue weighted by Gasteiger charge is 2.40. The summed E-state index contributed by atoms with van der Waals surface area (Å²) in [7, 11) is 0. The molecule has 0 aliphatic heterocycles. The summed E-state index contributed by atoms with van der Waals surface area (Å²) in [6.45, 7) is 2.81. The van der Waals surface area contributed by atoms with E-state index in [0.717, 1.165) is 51.6 Å². The number of hydrogen-bond donors (Lipinski definition) is 5. The van der Waals surface area contributed by atoms with Crippen LogP contribution in [-0.2, 0) is 0 Å². The van der Waals surface area contributed by atoms with E-state index in [0.29, 0.717) is 30.0 Å². The summed E-state index contributed by atoms with van der Waals surface area (Å²) in [5.41, 5.74) is 9.66. The predicted molar refractivity (Wildman–Crippen MR) is 128 cm³/mol. The zero-order valence-electron chi connectivity index (χ0n) is 18.5. The molecule has 3 aromatic heterocycles. The minimum Gasteiger partial charge on any atom is -0.389 e. The molecule has 0 aromatic carbocycles. The maximum atomic E-state index is 10.5. The van der Waals surface area contributed by atoms with E-state index in [1.807, 2.05) is 19.2 Å². The van der Waals surface area contributed by atoms with Crippen LogP contribution < -0.4 is 16.4 Å². The molecule has 0 bridgehead atoms. The van der Waals surface area contributed by atoms with Crippen molar-refractivity contribution in [3.8, 4) is 10.6 Å². The van der Waals surface area contributed by atoms with Crippen LogP contribution in [0.4, 0.5) is 11.8 Å². The first kappa shape index (κ1) is 21.2. The van der Waals surface area contributed by atoms with Crippen molar-refractivity contribution < 1.29 is 10.2 Å². The fourth-order valence-electron chi connectivity index (χ4n) is 4.59. The molecular formula is C23H29N7O2S. The zero-order valence-corrected chi connectivity index (χ0v) is 19.3. The van der Waals surface area contributed by atoms with Crippen LogP contribution in [0.2, 0.25) is 0 Å². The van der Waals surface area contributed by atoms with E-state index in [4.69, 9.17) is 20.7 Å². The van der Waals surface area contributed by atoms with Crippen molar-refractivity contribution in [3.63, 3.8) is 0 Å². The Kier molecular flexibility index (Phi) is 5.21. The number of nitrogens with zero attached hydrogens (tertiary/aromatic N) is 4. The smallest absolute Gasteiger partial charge is 0.224 e. The predicted octanol–water partition coefficient (Wildman–Crippen LogP) is 2.39. The van der Waals surface area contributed by atoms with Crippen molar-refractivity contribution in [3.05, 3.63) is 23.7 Å². The first-order chi connectivity index (χ1) is 16.0. The molecular weight excluding hydrogens is 438 g/mol. The largest absolute Gasteiger partial charge is 0.389 e. The van der Waals surface area contributed by atoms with E-state index in [1.54, 1.807) is 11.3 Å². The SMILES string of the molecule is Cc1nc(NCC2CC2)nc(N[C@@H]2C[C@H](N)[C@@H](O)[C@H]2O)c1-c1nc2c(C3CC3)nccc2s1. The van der Waals surface area contributed by atoms with Crippen LogP contribution in [0.5, 0.6) is 0 Å². The van der Waals surface area contributed by atoms with Gasteiger partial charge in [-0.1, -0.05) is 0 Å². The second-order valence-electron chi connectivity index (χ2n) is 9.65. The molecule has 0 spiro atoms. The number of aliphatic hydroxyl groups excluding tert-OH is 2. The topological polar surface area (TPSA) is 142 Å². The van der Waals surface area contributed by atoms with Gasteiger partial charge in [0.1, 0.15) is 22.4 Å². The minimum absolute atomic E-state index is 0.405. The molecule has 0 unspecified atom stereocenters. The average Bonchev–Trinajstić information content (AvgIpc) is 3.72. The molecule has 33 heavy (non-hydrogen) atoms. The number of aliphatic hydroxyl groups is 2. The summed E-state index contributed by atoms with van der Waals surface area (Å²) >= 11 is 1.60. The van der Waals surface area contributed by atoms with Gasteiger partial charge in [0.2, 0.25) is 5.95 Å². The van der Waals surface area contributed by atoms with E-state index < -0.39 is 24.3 Å². The van der Waals surface area contributed by atoms with Gasteiger partial charge in [0.15, 0.2) is 0 Å². The van der Waals surface area contributed by atoms with Crippen molar-refractivity contribution in [1.29, 1.82) is 0 Å². The van der Waals surface area contributed by atoms with Crippen LogP contribution in [0.3, 0.4) is 0 Å². The maximum Gasteiger partial charge on any atom is 0.224 e. The Labute approximate surface area is 195 Å². The van der Waals surface area contributed by atoms with Gasteiger partial charge in [0.05, 0.1) is 33.8 Å². The zero-order chi connectivity index (χ0) is 22.7. The Hall–Kier alpha value is -2.40. The Morgan fingerprint density at radius 1 is 1.12 bits per heavy atom. The Morgan fingerprint density at radius 3 is 2.64 bits per heavy atom. The van der Waals surface area contributed by atoms with Gasteiger partial charge in [-0.05, 0) is 51.0 Å². The van der Waals surface area contributed by atoms with Gasteiger partial charge < -0.3 is 26.6 Å². The molecule has 0 radical (unpaired) electrons. The number of fused-ring (bicyclic) bond motifs is 1. The quantitative estimate of drug-likeness (QED) is 0.354. The number of aryl methyl sites for hydroxylation is 1. The third-order valence-electron chi connectivity index (χ3n) is 6.90. The monoisotopic (exact) mass is 467 g/mol. The standard InChI is InChI=1S/C23H29N7O2S/c1-10-16(22-29-18-15(33-22)6-7-25-17(18)12-4-5-12)21(28-14-8-13(24)19(31)20(14)32)30-23(27-10)26-9-11-2-3-11/h6-7,11-14,19-20,31-32H,2-5,8-9,24H2,1H3,(H2,26,27,28,30)/t13-,14+,19+,20-/m0/s1. The fraction of sp³-hybridized carbons (Fsp3) is 0.565. The molecule has 3 saturated carbocycles. The Morgan fingerprint density at radius 2 is 1.94 bits per heavy atom. The van der Waals surface area contributed by atoms with Crippen LogP contribution in [0, 0.1) is 12.8 Å². The Balaban J connectivity index is 1.40. The number of aromatic nitrogens is 4. The van der Waals surface area contributed by atoms with E-state index in [9.17, 15) is 10.2 Å². The maximum absolute atomic E-state index is 10.5. The molecule has 4 atom stereocenters. The highest BCUT2D eigenvalue weighted by atomic mass is 32.1. The second-order valence-corrected chi connectivity index (χ2v) is 10.7. The highest BCUT2D eigenvalue weighted by molar-refractivity contribution is 7.21. The molecule has 0 saturated heterocycles. The number of anilines is 2. The van der Waals surface area contributed by atoms with Crippen molar-refractivity contribution in [1.82, 2.24) is 19.9 Å². The van der Waals surface area contributed by atoms with Gasteiger partial charge in [0, 0.05) is 24.7 Å². The van der Waals surface area contributed by atoms with E-state index in [-0.39, 0.29) is 0 Å². The third-order valence-corrected chi connectivity index (χ3v) is 7.94. The Bertz CT molecular complexity index is 1190. The first-order valence-corrected chi connectivity index (χ1v) is 12.6. The van der Waals surface area contributed by atoms with Crippen molar-refractivity contribution in [2.45, 2.75) is 69.2 Å². The van der Waals surface area contributed by atoms with Crippen molar-refractivity contribution >= 4 is 33.3 Å². The summed E-state index contributed by atoms with van der Waals surface area (Å²) in [4.78, 5) is 19.1. The molecule has 3 heterocycles. The lowest BCUT2D eigenvalue weighted by Crippen LogP contribution is -2.38. The number of rotatable bonds is 7. The lowest BCUT2D eigenvalue weighted by Gasteiger charge is -2.21. The minimum atomic E-state index is -0.966.